The molecule has 0 amide bonds. The normalized spacial score (nSPS) is 19.4. The van der Waals surface area contributed by atoms with E-state index in [-0.39, 0.29) is 0 Å². The average molecular weight is 315 g/mol. The highest BCUT2D eigenvalue weighted by atomic mass is 16.7. The topological polar surface area (TPSA) is 68.4 Å². The second kappa shape index (κ2) is 6.60. The van der Waals surface area contributed by atoms with Crippen LogP contribution in [0.1, 0.15) is 24.8 Å². The van der Waals surface area contributed by atoms with Crippen LogP contribution in [0.15, 0.2) is 24.4 Å². The highest BCUT2D eigenvalue weighted by Gasteiger charge is 2.17. The zero-order valence-electron chi connectivity index (χ0n) is 13.0. The van der Waals surface area contributed by atoms with Crippen LogP contribution >= 0.6 is 0 Å². The van der Waals surface area contributed by atoms with E-state index < -0.39 is 0 Å². The summed E-state index contributed by atoms with van der Waals surface area (Å²) in [5.74, 6) is 1.58. The molecule has 3 heterocycles. The van der Waals surface area contributed by atoms with Gasteiger partial charge in [0.05, 0.1) is 18.0 Å². The lowest BCUT2D eigenvalue weighted by molar-refractivity contribution is 0.104. The Bertz CT molecular complexity index is 665. The molecule has 2 aromatic rings. The molecule has 1 fully saturated rings. The third-order valence-electron chi connectivity index (χ3n) is 4.36. The standard InChI is InChI=1S/C17H21N3O3/c1-2-14(21-7-1)5-6-18-9-13-10-19-20-17(13)12-3-4-15-16(8-12)23-11-22-15/h3-4,8,10,14,18H,1-2,5-7,9,11H2,(H,19,20)/t14-/m1/s1. The first kappa shape index (κ1) is 14.5. The van der Waals surface area contributed by atoms with E-state index in [4.69, 9.17) is 14.2 Å². The number of nitrogens with one attached hydrogen (secondary N) is 2. The molecule has 0 unspecified atom stereocenters. The van der Waals surface area contributed by atoms with Gasteiger partial charge in [0.2, 0.25) is 6.79 Å². The Morgan fingerprint density at radius 2 is 2.22 bits per heavy atom. The summed E-state index contributed by atoms with van der Waals surface area (Å²) >= 11 is 0. The van der Waals surface area contributed by atoms with E-state index >= 15 is 0 Å². The molecule has 6 nitrogen and oxygen atoms in total. The molecule has 122 valence electrons. The Balaban J connectivity index is 1.38. The maximum absolute atomic E-state index is 5.64. The number of hydrogen-bond donors (Lipinski definition) is 2. The van der Waals surface area contributed by atoms with Crippen molar-refractivity contribution in [3.05, 3.63) is 30.0 Å². The van der Waals surface area contributed by atoms with Crippen LogP contribution in [-0.2, 0) is 11.3 Å². The summed E-state index contributed by atoms with van der Waals surface area (Å²) in [4.78, 5) is 0. The van der Waals surface area contributed by atoms with Crippen LogP contribution in [0.3, 0.4) is 0 Å². The Morgan fingerprint density at radius 3 is 3.13 bits per heavy atom. The second-order valence-electron chi connectivity index (χ2n) is 5.94. The quantitative estimate of drug-likeness (QED) is 0.802. The number of rotatable bonds is 6. The number of hydrogen-bond acceptors (Lipinski definition) is 5. The van der Waals surface area contributed by atoms with Crippen molar-refractivity contribution < 1.29 is 14.2 Å². The first-order valence-electron chi connectivity index (χ1n) is 8.15. The van der Waals surface area contributed by atoms with Gasteiger partial charge in [-0.15, -0.1) is 0 Å². The fourth-order valence-electron chi connectivity index (χ4n) is 3.11. The van der Waals surface area contributed by atoms with Crippen LogP contribution in [0.5, 0.6) is 11.5 Å². The molecule has 1 atom stereocenters. The molecule has 1 aromatic carbocycles. The minimum atomic E-state index is 0.291. The minimum Gasteiger partial charge on any atom is -0.454 e. The SMILES string of the molecule is c1cc2c(cc1-c1[nH]ncc1CNCC[C@H]1CCCO1)OCO2. The van der Waals surface area contributed by atoms with Crippen molar-refractivity contribution in [3.8, 4) is 22.8 Å². The van der Waals surface area contributed by atoms with Gasteiger partial charge in [0.25, 0.3) is 0 Å². The van der Waals surface area contributed by atoms with Gasteiger partial charge in [-0.2, -0.15) is 5.10 Å². The maximum atomic E-state index is 5.64. The maximum Gasteiger partial charge on any atom is 0.231 e. The molecule has 0 aliphatic carbocycles. The van der Waals surface area contributed by atoms with Gasteiger partial charge >= 0.3 is 0 Å². The van der Waals surface area contributed by atoms with E-state index in [1.165, 1.54) is 12.8 Å². The van der Waals surface area contributed by atoms with Gasteiger partial charge in [0, 0.05) is 24.3 Å². The van der Waals surface area contributed by atoms with Crippen molar-refractivity contribution in [1.29, 1.82) is 0 Å². The number of H-pyrrole nitrogens is 1. The van der Waals surface area contributed by atoms with Gasteiger partial charge < -0.3 is 19.5 Å². The number of aromatic amines is 1. The molecule has 0 bridgehead atoms. The monoisotopic (exact) mass is 315 g/mol. The van der Waals surface area contributed by atoms with Crippen molar-refractivity contribution in [2.75, 3.05) is 19.9 Å². The number of fused-ring (bicyclic) bond motifs is 1. The largest absolute Gasteiger partial charge is 0.454 e. The van der Waals surface area contributed by atoms with Crippen LogP contribution in [0.2, 0.25) is 0 Å². The van der Waals surface area contributed by atoms with Crippen molar-refractivity contribution in [1.82, 2.24) is 15.5 Å². The summed E-state index contributed by atoms with van der Waals surface area (Å²) in [6.07, 6.45) is 5.76. The predicted octanol–water partition coefficient (Wildman–Crippen LogP) is 2.46. The molecule has 2 aliphatic heterocycles. The zero-order valence-corrected chi connectivity index (χ0v) is 13.0. The first-order chi connectivity index (χ1) is 11.4. The van der Waals surface area contributed by atoms with Crippen molar-refractivity contribution in [3.63, 3.8) is 0 Å². The fraction of sp³-hybridized carbons (Fsp3) is 0.471. The highest BCUT2D eigenvalue weighted by molar-refractivity contribution is 5.66. The summed E-state index contributed by atoms with van der Waals surface area (Å²) in [7, 11) is 0. The van der Waals surface area contributed by atoms with Crippen molar-refractivity contribution >= 4 is 0 Å². The fourth-order valence-corrected chi connectivity index (χ4v) is 3.11. The number of aromatic nitrogens is 2. The van der Waals surface area contributed by atoms with Crippen LogP contribution in [-0.4, -0.2) is 36.2 Å². The second-order valence-corrected chi connectivity index (χ2v) is 5.94. The van der Waals surface area contributed by atoms with Gasteiger partial charge in [-0.3, -0.25) is 5.10 Å². The van der Waals surface area contributed by atoms with E-state index in [9.17, 15) is 0 Å². The molecule has 1 saturated heterocycles. The van der Waals surface area contributed by atoms with E-state index in [0.29, 0.717) is 12.9 Å². The Hall–Kier alpha value is -2.05. The Kier molecular flexibility index (Phi) is 4.17. The van der Waals surface area contributed by atoms with E-state index in [0.717, 1.165) is 54.4 Å². The lowest BCUT2D eigenvalue weighted by Crippen LogP contribution is -2.19. The Morgan fingerprint density at radius 1 is 1.26 bits per heavy atom. The molecule has 0 saturated carbocycles. The zero-order chi connectivity index (χ0) is 15.5. The molecule has 2 N–H and O–H groups in total. The van der Waals surface area contributed by atoms with Crippen LogP contribution in [0.4, 0.5) is 0 Å². The number of ether oxygens (including phenoxy) is 3. The van der Waals surface area contributed by atoms with E-state index in [2.05, 4.69) is 15.5 Å². The molecule has 1 aromatic heterocycles. The van der Waals surface area contributed by atoms with Crippen LogP contribution in [0.25, 0.3) is 11.3 Å². The highest BCUT2D eigenvalue weighted by Crippen LogP contribution is 2.36. The lowest BCUT2D eigenvalue weighted by atomic mass is 10.1. The summed E-state index contributed by atoms with van der Waals surface area (Å²) in [6, 6.07) is 5.95. The third kappa shape index (κ3) is 3.18. The molecular weight excluding hydrogens is 294 g/mol. The molecule has 0 spiro atoms. The first-order valence-corrected chi connectivity index (χ1v) is 8.15. The van der Waals surface area contributed by atoms with Gasteiger partial charge in [-0.05, 0) is 44.0 Å². The van der Waals surface area contributed by atoms with E-state index in [1.807, 2.05) is 24.4 Å². The number of nitrogens with zero attached hydrogens (tertiary/aromatic N) is 1. The molecule has 4 rings (SSSR count). The van der Waals surface area contributed by atoms with Gasteiger partial charge in [0.1, 0.15) is 0 Å². The summed E-state index contributed by atoms with van der Waals surface area (Å²) in [6.45, 7) is 2.95. The molecule has 0 radical (unpaired) electrons. The average Bonchev–Trinajstić information content (AvgIpc) is 3.31. The molecule has 23 heavy (non-hydrogen) atoms. The van der Waals surface area contributed by atoms with Gasteiger partial charge in [-0.1, -0.05) is 0 Å². The van der Waals surface area contributed by atoms with Crippen molar-refractivity contribution in [2.24, 2.45) is 0 Å². The van der Waals surface area contributed by atoms with Crippen LogP contribution < -0.4 is 14.8 Å². The summed E-state index contributed by atoms with van der Waals surface area (Å²) < 4.78 is 16.4. The summed E-state index contributed by atoms with van der Waals surface area (Å²) in [5.41, 5.74) is 3.23. The lowest BCUT2D eigenvalue weighted by Gasteiger charge is -2.10. The van der Waals surface area contributed by atoms with Gasteiger partial charge in [-0.25, -0.2) is 0 Å². The summed E-state index contributed by atoms with van der Waals surface area (Å²) in [5, 5.41) is 10.8. The predicted molar refractivity (Wildman–Crippen MR) is 85.4 cm³/mol. The molecule has 6 heteroatoms. The minimum absolute atomic E-state index is 0.291. The molecule has 2 aliphatic rings. The van der Waals surface area contributed by atoms with Gasteiger partial charge in [0.15, 0.2) is 11.5 Å². The Labute approximate surface area is 135 Å². The van der Waals surface area contributed by atoms with Crippen LogP contribution in [0, 0.1) is 0 Å². The third-order valence-corrected chi connectivity index (χ3v) is 4.36. The van der Waals surface area contributed by atoms with E-state index in [1.54, 1.807) is 0 Å². The number of benzene rings is 1. The smallest absolute Gasteiger partial charge is 0.231 e. The molecular formula is C17H21N3O3. The van der Waals surface area contributed by atoms with Crippen molar-refractivity contribution in [2.45, 2.75) is 31.9 Å².